The Balaban J connectivity index is 2.20. The first-order valence-electron chi connectivity index (χ1n) is 6.69. The number of rotatable bonds is 5. The van der Waals surface area contributed by atoms with Crippen molar-refractivity contribution in [3.63, 3.8) is 0 Å². The Morgan fingerprint density at radius 1 is 1.26 bits per heavy atom. The van der Waals surface area contributed by atoms with Crippen molar-refractivity contribution in [2.45, 2.75) is 44.0 Å². The van der Waals surface area contributed by atoms with Gasteiger partial charge in [-0.25, -0.2) is 13.1 Å². The summed E-state index contributed by atoms with van der Waals surface area (Å²) in [5.41, 5.74) is 2.40. The van der Waals surface area contributed by atoms with Gasteiger partial charge in [0.25, 0.3) is 0 Å². The maximum Gasteiger partial charge on any atom is 0.240 e. The molecule has 1 aromatic carbocycles. The number of fused-ring (bicyclic) bond motifs is 1. The van der Waals surface area contributed by atoms with Crippen LogP contribution < -0.4 is 4.72 Å². The Morgan fingerprint density at radius 2 is 1.95 bits per heavy atom. The lowest BCUT2D eigenvalue weighted by Gasteiger charge is -2.19. The standard InChI is InChI=1S/C14H21NO3S/c1-10(9-16)11(2)15-19(17,18)14-7-6-12-4-3-5-13(12)8-14/h6-8,10-11,15-16H,3-5,9H2,1-2H3. The molecule has 5 heteroatoms. The molecule has 2 rings (SSSR count). The van der Waals surface area contributed by atoms with Gasteiger partial charge in [0.2, 0.25) is 10.0 Å². The maximum atomic E-state index is 12.3. The number of benzene rings is 1. The van der Waals surface area contributed by atoms with Gasteiger partial charge in [0.15, 0.2) is 0 Å². The Bertz CT molecular complexity index is 554. The second-order valence-corrected chi connectivity index (χ2v) is 7.07. The number of hydrogen-bond acceptors (Lipinski definition) is 3. The van der Waals surface area contributed by atoms with Crippen molar-refractivity contribution in [1.29, 1.82) is 0 Å². The van der Waals surface area contributed by atoms with Gasteiger partial charge in [0.1, 0.15) is 0 Å². The quantitative estimate of drug-likeness (QED) is 0.860. The minimum atomic E-state index is -3.50. The zero-order valence-electron chi connectivity index (χ0n) is 11.4. The summed E-state index contributed by atoms with van der Waals surface area (Å²) in [6.07, 6.45) is 3.10. The molecule has 0 saturated carbocycles. The van der Waals surface area contributed by atoms with Crippen LogP contribution in [0.2, 0.25) is 0 Å². The van der Waals surface area contributed by atoms with Crippen LogP contribution in [0.25, 0.3) is 0 Å². The molecule has 19 heavy (non-hydrogen) atoms. The third kappa shape index (κ3) is 3.16. The molecule has 0 spiro atoms. The average molecular weight is 283 g/mol. The van der Waals surface area contributed by atoms with Crippen LogP contribution in [0, 0.1) is 5.92 Å². The Kier molecular flexibility index (Phi) is 4.28. The van der Waals surface area contributed by atoms with E-state index in [4.69, 9.17) is 5.11 Å². The van der Waals surface area contributed by atoms with Crippen LogP contribution in [0.1, 0.15) is 31.4 Å². The van der Waals surface area contributed by atoms with Crippen molar-refractivity contribution in [2.75, 3.05) is 6.61 Å². The van der Waals surface area contributed by atoms with E-state index in [9.17, 15) is 8.42 Å². The molecule has 106 valence electrons. The van der Waals surface area contributed by atoms with Gasteiger partial charge in [-0.15, -0.1) is 0 Å². The fourth-order valence-corrected chi connectivity index (χ4v) is 3.70. The molecule has 2 atom stereocenters. The van der Waals surface area contributed by atoms with Gasteiger partial charge in [0.05, 0.1) is 4.90 Å². The van der Waals surface area contributed by atoms with Crippen molar-refractivity contribution >= 4 is 10.0 Å². The maximum absolute atomic E-state index is 12.3. The van der Waals surface area contributed by atoms with Crippen molar-refractivity contribution < 1.29 is 13.5 Å². The van der Waals surface area contributed by atoms with Gasteiger partial charge in [-0.2, -0.15) is 0 Å². The third-order valence-electron chi connectivity index (χ3n) is 3.86. The predicted molar refractivity (Wildman–Crippen MR) is 74.5 cm³/mol. The molecule has 2 N–H and O–H groups in total. The van der Waals surface area contributed by atoms with Gasteiger partial charge >= 0.3 is 0 Å². The van der Waals surface area contributed by atoms with Crippen molar-refractivity contribution in [2.24, 2.45) is 5.92 Å². The minimum Gasteiger partial charge on any atom is -0.396 e. The zero-order chi connectivity index (χ0) is 14.0. The lowest BCUT2D eigenvalue weighted by Crippen LogP contribution is -2.38. The van der Waals surface area contributed by atoms with E-state index in [0.29, 0.717) is 4.90 Å². The highest BCUT2D eigenvalue weighted by Crippen LogP contribution is 2.24. The van der Waals surface area contributed by atoms with Gasteiger partial charge in [-0.05, 0) is 55.4 Å². The molecule has 0 aliphatic heterocycles. The van der Waals surface area contributed by atoms with Gasteiger partial charge in [-0.1, -0.05) is 13.0 Å². The summed E-state index contributed by atoms with van der Waals surface area (Å²) in [6.45, 7) is 3.55. The molecular formula is C14H21NO3S. The lowest BCUT2D eigenvalue weighted by molar-refractivity contribution is 0.216. The number of aliphatic hydroxyl groups excluding tert-OH is 1. The predicted octanol–water partition coefficient (Wildman–Crippen LogP) is 1.47. The fourth-order valence-electron chi connectivity index (χ4n) is 2.30. The van der Waals surface area contributed by atoms with Crippen molar-refractivity contribution in [3.05, 3.63) is 29.3 Å². The number of aryl methyl sites for hydroxylation is 2. The molecule has 4 nitrogen and oxygen atoms in total. The molecule has 1 aromatic rings. The molecule has 1 aliphatic carbocycles. The molecule has 2 unspecified atom stereocenters. The SMILES string of the molecule is CC(CO)C(C)NS(=O)(=O)c1ccc2c(c1)CCC2. The summed E-state index contributed by atoms with van der Waals surface area (Å²) in [4.78, 5) is 0.324. The summed E-state index contributed by atoms with van der Waals surface area (Å²) in [7, 11) is -3.50. The molecular weight excluding hydrogens is 262 g/mol. The van der Waals surface area contributed by atoms with E-state index in [0.717, 1.165) is 24.8 Å². The zero-order valence-corrected chi connectivity index (χ0v) is 12.2. The number of aliphatic hydroxyl groups is 1. The van der Waals surface area contributed by atoms with E-state index in [1.165, 1.54) is 5.56 Å². The molecule has 0 fully saturated rings. The molecule has 0 aromatic heterocycles. The monoisotopic (exact) mass is 283 g/mol. The van der Waals surface area contributed by atoms with E-state index < -0.39 is 10.0 Å². The number of hydrogen-bond donors (Lipinski definition) is 2. The number of sulfonamides is 1. The van der Waals surface area contributed by atoms with E-state index in [1.807, 2.05) is 13.0 Å². The molecule has 1 aliphatic rings. The molecule has 0 radical (unpaired) electrons. The third-order valence-corrected chi connectivity index (χ3v) is 5.42. The first kappa shape index (κ1) is 14.5. The van der Waals surface area contributed by atoms with E-state index in [-0.39, 0.29) is 18.6 Å². The molecule has 0 amide bonds. The second-order valence-electron chi connectivity index (χ2n) is 5.35. The summed E-state index contributed by atoms with van der Waals surface area (Å²) in [5, 5.41) is 9.06. The largest absolute Gasteiger partial charge is 0.396 e. The van der Waals surface area contributed by atoms with Crippen LogP contribution in [0.15, 0.2) is 23.1 Å². The highest BCUT2D eigenvalue weighted by atomic mass is 32.2. The van der Waals surface area contributed by atoms with Crippen LogP contribution in [0.3, 0.4) is 0 Å². The summed E-state index contributed by atoms with van der Waals surface area (Å²) >= 11 is 0. The highest BCUT2D eigenvalue weighted by Gasteiger charge is 2.22. The van der Waals surface area contributed by atoms with Crippen molar-refractivity contribution in [3.8, 4) is 0 Å². The lowest BCUT2D eigenvalue weighted by atomic mass is 10.1. The number of nitrogens with one attached hydrogen (secondary N) is 1. The molecule has 0 saturated heterocycles. The van der Waals surface area contributed by atoms with E-state index in [1.54, 1.807) is 19.1 Å². The Hall–Kier alpha value is -0.910. The smallest absolute Gasteiger partial charge is 0.240 e. The first-order chi connectivity index (χ1) is 8.94. The highest BCUT2D eigenvalue weighted by molar-refractivity contribution is 7.89. The summed E-state index contributed by atoms with van der Waals surface area (Å²) in [6, 6.07) is 5.07. The molecule has 0 heterocycles. The topological polar surface area (TPSA) is 66.4 Å². The van der Waals surface area contributed by atoms with Crippen LogP contribution in [0.5, 0.6) is 0 Å². The first-order valence-corrected chi connectivity index (χ1v) is 8.17. The summed E-state index contributed by atoms with van der Waals surface area (Å²) < 4.78 is 27.2. The normalized spacial score (nSPS) is 18.1. The fraction of sp³-hybridized carbons (Fsp3) is 0.571. The van der Waals surface area contributed by atoms with E-state index >= 15 is 0 Å². The molecule has 0 bridgehead atoms. The summed E-state index contributed by atoms with van der Waals surface area (Å²) in [5.74, 6) is -0.107. The van der Waals surface area contributed by atoms with Gasteiger partial charge in [0, 0.05) is 12.6 Å². The van der Waals surface area contributed by atoms with Crippen LogP contribution in [-0.2, 0) is 22.9 Å². The average Bonchev–Trinajstić information content (AvgIpc) is 2.84. The van der Waals surface area contributed by atoms with Crippen LogP contribution >= 0.6 is 0 Å². The van der Waals surface area contributed by atoms with Gasteiger partial charge < -0.3 is 5.11 Å². The van der Waals surface area contributed by atoms with E-state index in [2.05, 4.69) is 4.72 Å². The second kappa shape index (κ2) is 5.61. The van der Waals surface area contributed by atoms with Gasteiger partial charge in [-0.3, -0.25) is 0 Å². The van der Waals surface area contributed by atoms with Crippen LogP contribution in [-0.4, -0.2) is 26.2 Å². The van der Waals surface area contributed by atoms with Crippen LogP contribution in [0.4, 0.5) is 0 Å². The Morgan fingerprint density at radius 3 is 2.63 bits per heavy atom. The Labute approximate surface area is 114 Å². The minimum absolute atomic E-state index is 0.0339. The van der Waals surface area contributed by atoms with Crippen molar-refractivity contribution in [1.82, 2.24) is 4.72 Å².